The molecule has 3 aromatic rings. The van der Waals surface area contributed by atoms with Crippen molar-refractivity contribution in [1.29, 1.82) is 5.26 Å². The fourth-order valence-corrected chi connectivity index (χ4v) is 3.90. The second kappa shape index (κ2) is 9.98. The molecule has 0 radical (unpaired) electrons. The highest BCUT2D eigenvalue weighted by Gasteiger charge is 2.28. The van der Waals surface area contributed by atoms with Gasteiger partial charge in [0.25, 0.3) is 5.91 Å². The largest absolute Gasteiger partial charge is 0.387 e. The molecule has 0 saturated carbocycles. The Morgan fingerprint density at radius 1 is 1.34 bits per heavy atom. The molecule has 1 atom stereocenters. The van der Waals surface area contributed by atoms with E-state index in [-0.39, 0.29) is 23.7 Å². The number of nitriles is 1. The topological polar surface area (TPSA) is 112 Å². The third-order valence-electron chi connectivity index (χ3n) is 6.08. The van der Waals surface area contributed by atoms with E-state index in [0.717, 1.165) is 12.8 Å². The van der Waals surface area contributed by atoms with Crippen LogP contribution in [0.15, 0.2) is 36.7 Å². The van der Waals surface area contributed by atoms with E-state index < -0.39 is 23.5 Å². The Bertz CT molecular complexity index is 1270. The van der Waals surface area contributed by atoms with Crippen LogP contribution in [0, 0.1) is 17.1 Å². The molecule has 1 saturated heterocycles. The van der Waals surface area contributed by atoms with Gasteiger partial charge >= 0.3 is 0 Å². The quantitative estimate of drug-likeness (QED) is 0.475. The third kappa shape index (κ3) is 5.42. The Labute approximate surface area is 201 Å². The number of rotatable bonds is 7. The number of carbonyl (C=O) groups excluding carboxylic acids is 1. The second-order valence-electron chi connectivity index (χ2n) is 9.16. The van der Waals surface area contributed by atoms with Crippen LogP contribution in [0.25, 0.3) is 16.6 Å². The highest BCUT2D eigenvalue weighted by Crippen LogP contribution is 2.31. The number of amides is 1. The van der Waals surface area contributed by atoms with Crippen molar-refractivity contribution in [2.75, 3.05) is 25.1 Å². The second-order valence-corrected chi connectivity index (χ2v) is 9.16. The normalized spacial score (nSPS) is 15.5. The van der Waals surface area contributed by atoms with Gasteiger partial charge in [-0.2, -0.15) is 10.4 Å². The summed E-state index contributed by atoms with van der Waals surface area (Å²) in [6.45, 7) is 3.49. The SMILES string of the molecule is CC(C)(O)C(F)CNC(=O)c1cnn2cc(-c3ccc(C#N)c(F)c3)cc2c1NC1CCOCC1. The summed E-state index contributed by atoms with van der Waals surface area (Å²) in [7, 11) is 0. The van der Waals surface area contributed by atoms with Crippen LogP contribution in [-0.4, -0.2) is 58.2 Å². The number of aliphatic hydroxyl groups is 1. The molecule has 1 fully saturated rings. The van der Waals surface area contributed by atoms with Gasteiger partial charge in [-0.15, -0.1) is 0 Å². The van der Waals surface area contributed by atoms with Gasteiger partial charge in [-0.05, 0) is 50.5 Å². The van der Waals surface area contributed by atoms with Crippen molar-refractivity contribution in [3.8, 4) is 17.2 Å². The fraction of sp³-hybridized carbons (Fsp3) is 0.400. The zero-order valence-corrected chi connectivity index (χ0v) is 19.5. The molecular weight excluding hydrogens is 456 g/mol. The van der Waals surface area contributed by atoms with E-state index in [1.54, 1.807) is 28.9 Å². The van der Waals surface area contributed by atoms with Gasteiger partial charge in [0, 0.05) is 31.0 Å². The van der Waals surface area contributed by atoms with Gasteiger partial charge in [0.15, 0.2) is 0 Å². The monoisotopic (exact) mass is 483 g/mol. The molecular formula is C25H27F2N5O3. The Morgan fingerprint density at radius 3 is 2.74 bits per heavy atom. The summed E-state index contributed by atoms with van der Waals surface area (Å²) in [6, 6.07) is 7.98. The minimum Gasteiger partial charge on any atom is -0.387 e. The number of carbonyl (C=O) groups is 1. The molecule has 1 aromatic carbocycles. The van der Waals surface area contributed by atoms with Crippen LogP contribution >= 0.6 is 0 Å². The average Bonchev–Trinajstić information content (AvgIpc) is 3.27. The molecule has 1 unspecified atom stereocenters. The van der Waals surface area contributed by atoms with Crippen LogP contribution in [0.2, 0.25) is 0 Å². The lowest BCUT2D eigenvalue weighted by atomic mass is 10.0. The number of hydrogen-bond acceptors (Lipinski definition) is 6. The molecule has 35 heavy (non-hydrogen) atoms. The number of halogens is 2. The molecule has 10 heteroatoms. The van der Waals surface area contributed by atoms with Crippen molar-refractivity contribution in [2.45, 2.75) is 44.5 Å². The van der Waals surface area contributed by atoms with Crippen LogP contribution in [0.5, 0.6) is 0 Å². The zero-order valence-electron chi connectivity index (χ0n) is 19.5. The van der Waals surface area contributed by atoms with Crippen LogP contribution in [0.4, 0.5) is 14.5 Å². The summed E-state index contributed by atoms with van der Waals surface area (Å²) in [4.78, 5) is 13.0. The van der Waals surface area contributed by atoms with Crippen LogP contribution in [-0.2, 0) is 4.74 Å². The van der Waals surface area contributed by atoms with Crippen molar-refractivity contribution in [2.24, 2.45) is 0 Å². The van der Waals surface area contributed by atoms with Crippen molar-refractivity contribution < 1.29 is 23.4 Å². The summed E-state index contributed by atoms with van der Waals surface area (Å²) in [5, 5.41) is 29.1. The molecule has 2 aromatic heterocycles. The average molecular weight is 484 g/mol. The van der Waals surface area contributed by atoms with Crippen molar-refractivity contribution in [3.05, 3.63) is 53.6 Å². The maximum absolute atomic E-state index is 14.2. The van der Waals surface area contributed by atoms with Gasteiger partial charge in [-0.3, -0.25) is 4.79 Å². The standard InChI is InChI=1S/C25H27F2N5O3/c1-25(2,34)22(27)13-29-24(33)19-12-30-32-14-17(15-3-4-16(11-28)20(26)9-15)10-21(32)23(19)31-18-5-7-35-8-6-18/h3-4,9-10,12,14,18,22,31,34H,5-8,13H2,1-2H3,(H,29,33). The summed E-state index contributed by atoms with van der Waals surface area (Å²) in [5.41, 5.74) is 0.897. The van der Waals surface area contributed by atoms with Crippen LogP contribution < -0.4 is 10.6 Å². The lowest BCUT2D eigenvalue weighted by Gasteiger charge is -2.26. The third-order valence-corrected chi connectivity index (χ3v) is 6.08. The van der Waals surface area contributed by atoms with Crippen molar-refractivity contribution >= 4 is 17.1 Å². The maximum Gasteiger partial charge on any atom is 0.255 e. The van der Waals surface area contributed by atoms with E-state index >= 15 is 0 Å². The number of ether oxygens (including phenoxy) is 1. The fourth-order valence-electron chi connectivity index (χ4n) is 3.90. The molecule has 0 spiro atoms. The molecule has 1 aliphatic rings. The molecule has 3 N–H and O–H groups in total. The first-order valence-corrected chi connectivity index (χ1v) is 11.4. The van der Waals surface area contributed by atoms with Gasteiger partial charge in [-0.25, -0.2) is 13.3 Å². The number of aromatic nitrogens is 2. The number of nitrogens with one attached hydrogen (secondary N) is 2. The van der Waals surface area contributed by atoms with Gasteiger partial charge in [0.1, 0.15) is 18.1 Å². The summed E-state index contributed by atoms with van der Waals surface area (Å²) >= 11 is 0. The van der Waals surface area contributed by atoms with Crippen molar-refractivity contribution in [1.82, 2.24) is 14.9 Å². The highest BCUT2D eigenvalue weighted by molar-refractivity contribution is 6.03. The van der Waals surface area contributed by atoms with E-state index in [9.17, 15) is 18.7 Å². The van der Waals surface area contributed by atoms with E-state index in [2.05, 4.69) is 15.7 Å². The number of hydrogen-bond donors (Lipinski definition) is 3. The molecule has 3 heterocycles. The number of benzene rings is 1. The van der Waals surface area contributed by atoms with E-state index in [0.29, 0.717) is 35.5 Å². The molecule has 1 aliphatic heterocycles. The summed E-state index contributed by atoms with van der Waals surface area (Å²) in [5.74, 6) is -1.16. The lowest BCUT2D eigenvalue weighted by Crippen LogP contribution is -2.42. The smallest absolute Gasteiger partial charge is 0.255 e. The summed E-state index contributed by atoms with van der Waals surface area (Å²) < 4.78 is 35.5. The van der Waals surface area contributed by atoms with Crippen LogP contribution in [0.1, 0.15) is 42.6 Å². The molecule has 8 nitrogen and oxygen atoms in total. The van der Waals surface area contributed by atoms with E-state index in [1.807, 2.05) is 0 Å². The minimum absolute atomic E-state index is 0.0475. The van der Waals surface area contributed by atoms with Gasteiger partial charge in [0.2, 0.25) is 0 Å². The first-order chi connectivity index (χ1) is 16.7. The Balaban J connectivity index is 1.71. The lowest BCUT2D eigenvalue weighted by molar-refractivity contribution is -0.00177. The van der Waals surface area contributed by atoms with Crippen molar-refractivity contribution in [3.63, 3.8) is 0 Å². The van der Waals surface area contributed by atoms with E-state index in [4.69, 9.17) is 10.00 Å². The number of fused-ring (bicyclic) bond motifs is 1. The van der Waals surface area contributed by atoms with Gasteiger partial charge < -0.3 is 20.5 Å². The first kappa shape index (κ1) is 24.6. The Kier molecular flexibility index (Phi) is 7.00. The number of anilines is 1. The van der Waals surface area contributed by atoms with Crippen LogP contribution in [0.3, 0.4) is 0 Å². The Morgan fingerprint density at radius 2 is 2.09 bits per heavy atom. The first-order valence-electron chi connectivity index (χ1n) is 11.4. The molecule has 0 aliphatic carbocycles. The number of nitrogens with zero attached hydrogens (tertiary/aromatic N) is 3. The minimum atomic E-state index is -1.65. The van der Waals surface area contributed by atoms with Gasteiger partial charge in [-0.1, -0.05) is 6.07 Å². The molecule has 0 bridgehead atoms. The highest BCUT2D eigenvalue weighted by atomic mass is 19.1. The number of alkyl halides is 1. The predicted molar refractivity (Wildman–Crippen MR) is 126 cm³/mol. The van der Waals surface area contributed by atoms with Gasteiger partial charge in [0.05, 0.1) is 40.7 Å². The van der Waals surface area contributed by atoms with E-state index in [1.165, 1.54) is 32.2 Å². The predicted octanol–water partition coefficient (Wildman–Crippen LogP) is 3.44. The Hall–Kier alpha value is -3.55. The molecule has 184 valence electrons. The molecule has 4 rings (SSSR count). The zero-order chi connectivity index (χ0) is 25.2. The summed E-state index contributed by atoms with van der Waals surface area (Å²) in [6.07, 6.45) is 2.94. The molecule has 1 amide bonds. The maximum atomic E-state index is 14.2.